The summed E-state index contributed by atoms with van der Waals surface area (Å²) in [6.45, 7) is 0. The highest BCUT2D eigenvalue weighted by Gasteiger charge is 2.21. The van der Waals surface area contributed by atoms with Gasteiger partial charge in [-0.25, -0.2) is 0 Å². The number of ether oxygens (including phenoxy) is 2. The van der Waals surface area contributed by atoms with Crippen molar-refractivity contribution >= 4 is 50.8 Å². The molecular weight excluding hydrogens is 495 g/mol. The molecule has 1 heterocycles. The number of hydrogen-bond acceptors (Lipinski definition) is 7. The zero-order chi connectivity index (χ0) is 21.1. The predicted molar refractivity (Wildman–Crippen MR) is 112 cm³/mol. The van der Waals surface area contributed by atoms with Gasteiger partial charge in [-0.1, -0.05) is 0 Å². The second kappa shape index (κ2) is 8.43. The Morgan fingerprint density at radius 1 is 1.24 bits per heavy atom. The number of aromatic amines is 1. The van der Waals surface area contributed by atoms with E-state index in [9.17, 15) is 20.0 Å². The Labute approximate surface area is 177 Å². The number of halogens is 1. The minimum absolute atomic E-state index is 0.106. The molecule has 3 rings (SSSR count). The van der Waals surface area contributed by atoms with E-state index in [1.807, 2.05) is 6.07 Å². The fourth-order valence-corrected chi connectivity index (χ4v) is 3.25. The van der Waals surface area contributed by atoms with E-state index in [-0.39, 0.29) is 40.7 Å². The lowest BCUT2D eigenvalue weighted by Gasteiger charge is -2.09. The first-order chi connectivity index (χ1) is 13.8. The van der Waals surface area contributed by atoms with Gasteiger partial charge in [0, 0.05) is 14.5 Å². The lowest BCUT2D eigenvalue weighted by atomic mass is 10.1. The Balaban J connectivity index is 1.91. The first-order valence-corrected chi connectivity index (χ1v) is 9.26. The van der Waals surface area contributed by atoms with E-state index in [4.69, 9.17) is 9.47 Å². The molecule has 2 aromatic carbocycles. The summed E-state index contributed by atoms with van der Waals surface area (Å²) in [7, 11) is 2.74. The molecule has 0 saturated heterocycles. The maximum absolute atomic E-state index is 12.3. The summed E-state index contributed by atoms with van der Waals surface area (Å²) in [5, 5.41) is 29.4. The van der Waals surface area contributed by atoms with Crippen molar-refractivity contribution in [2.24, 2.45) is 10.2 Å². The van der Waals surface area contributed by atoms with Crippen molar-refractivity contribution in [3.05, 3.63) is 49.6 Å². The minimum Gasteiger partial charge on any atom is -0.493 e. The van der Waals surface area contributed by atoms with Crippen molar-refractivity contribution in [2.45, 2.75) is 6.42 Å². The van der Waals surface area contributed by atoms with Gasteiger partial charge in [0.2, 0.25) is 5.88 Å². The van der Waals surface area contributed by atoms with E-state index in [0.29, 0.717) is 10.9 Å². The number of fused-ring (bicyclic) bond motifs is 1. The summed E-state index contributed by atoms with van der Waals surface area (Å²) in [5.74, 6) is -0.521. The number of hydrogen-bond donors (Lipinski definition) is 2. The molecule has 11 heteroatoms. The molecule has 0 unspecified atom stereocenters. The van der Waals surface area contributed by atoms with Gasteiger partial charge in [-0.15, -0.1) is 10.2 Å². The minimum atomic E-state index is -0.723. The average molecular weight is 510 g/mol. The molecule has 2 N–H and O–H groups in total. The van der Waals surface area contributed by atoms with Gasteiger partial charge in [0.15, 0.2) is 17.2 Å². The smallest absolute Gasteiger partial charge is 0.277 e. The molecule has 150 valence electrons. The highest BCUT2D eigenvalue weighted by molar-refractivity contribution is 14.1. The summed E-state index contributed by atoms with van der Waals surface area (Å²) in [5.41, 5.74) is 0.568. The van der Waals surface area contributed by atoms with E-state index in [1.165, 1.54) is 26.4 Å². The highest BCUT2D eigenvalue weighted by Crippen LogP contribution is 2.37. The first-order valence-electron chi connectivity index (χ1n) is 8.18. The maximum Gasteiger partial charge on any atom is 0.277 e. The van der Waals surface area contributed by atoms with Gasteiger partial charge in [-0.2, -0.15) is 0 Å². The Morgan fingerprint density at radius 3 is 2.59 bits per heavy atom. The summed E-state index contributed by atoms with van der Waals surface area (Å²) in [6, 6.07) is 7.94. The molecule has 29 heavy (non-hydrogen) atoms. The summed E-state index contributed by atoms with van der Waals surface area (Å²) < 4.78 is 11.1. The van der Waals surface area contributed by atoms with Crippen molar-refractivity contribution in [1.82, 2.24) is 4.98 Å². The van der Waals surface area contributed by atoms with Crippen molar-refractivity contribution in [3.8, 4) is 17.4 Å². The van der Waals surface area contributed by atoms with Crippen LogP contribution in [0.25, 0.3) is 10.9 Å². The van der Waals surface area contributed by atoms with E-state index >= 15 is 0 Å². The molecule has 0 spiro atoms. The number of rotatable bonds is 6. The number of aromatic nitrogens is 1. The molecule has 0 atom stereocenters. The molecule has 0 bridgehead atoms. The Morgan fingerprint density at radius 2 is 1.93 bits per heavy atom. The van der Waals surface area contributed by atoms with Gasteiger partial charge in [-0.05, 0) is 46.9 Å². The van der Waals surface area contributed by atoms with Gasteiger partial charge in [0.25, 0.3) is 11.6 Å². The highest BCUT2D eigenvalue weighted by atomic mass is 127. The molecule has 1 aromatic heterocycles. The fraction of sp³-hybridized carbons (Fsp3) is 0.167. The molecule has 10 nitrogen and oxygen atoms in total. The van der Waals surface area contributed by atoms with Crippen LogP contribution in [0.15, 0.2) is 40.6 Å². The second-order valence-electron chi connectivity index (χ2n) is 5.88. The van der Waals surface area contributed by atoms with Gasteiger partial charge in [0.1, 0.15) is 0 Å². The number of nitrogens with zero attached hydrogens (tertiary/aromatic N) is 3. The van der Waals surface area contributed by atoms with Gasteiger partial charge < -0.3 is 19.6 Å². The topological polar surface area (TPSA) is 139 Å². The van der Waals surface area contributed by atoms with E-state index < -0.39 is 10.8 Å². The number of nitro benzene ring substituents is 1. The summed E-state index contributed by atoms with van der Waals surface area (Å²) in [6.07, 6.45) is -0.374. The van der Waals surface area contributed by atoms with Crippen molar-refractivity contribution in [3.63, 3.8) is 0 Å². The van der Waals surface area contributed by atoms with Gasteiger partial charge in [-0.3, -0.25) is 14.9 Å². The fourth-order valence-electron chi connectivity index (χ4n) is 2.76. The van der Waals surface area contributed by atoms with Crippen LogP contribution >= 0.6 is 22.6 Å². The number of azo groups is 1. The lowest BCUT2D eigenvalue weighted by Crippen LogP contribution is -2.04. The normalized spacial score (nSPS) is 11.1. The predicted octanol–water partition coefficient (Wildman–Crippen LogP) is 4.26. The molecule has 1 amide bonds. The summed E-state index contributed by atoms with van der Waals surface area (Å²) in [4.78, 5) is 25.8. The molecule has 3 aromatic rings. The van der Waals surface area contributed by atoms with Crippen LogP contribution in [0.1, 0.15) is 5.56 Å². The zero-order valence-corrected chi connectivity index (χ0v) is 17.5. The number of aromatic hydroxyl groups is 1. The number of nitro groups is 1. The van der Waals surface area contributed by atoms with E-state index in [2.05, 4.69) is 37.8 Å². The van der Waals surface area contributed by atoms with Crippen LogP contribution in [-0.4, -0.2) is 35.1 Å². The van der Waals surface area contributed by atoms with Gasteiger partial charge in [0.05, 0.1) is 37.1 Å². The van der Waals surface area contributed by atoms with E-state index in [0.717, 1.165) is 3.57 Å². The zero-order valence-electron chi connectivity index (χ0n) is 15.3. The Bertz CT molecular complexity index is 1140. The number of methoxy groups -OCH3 is 2. The molecule has 0 saturated carbocycles. The van der Waals surface area contributed by atoms with E-state index in [1.54, 1.807) is 12.1 Å². The van der Waals surface area contributed by atoms with Crippen molar-refractivity contribution < 1.29 is 24.3 Å². The molecule has 0 aliphatic rings. The largest absolute Gasteiger partial charge is 0.493 e. The molecule has 0 aliphatic carbocycles. The molecular formula is C18H15IN4O6. The number of amides is 1. The lowest BCUT2D eigenvalue weighted by molar-refractivity contribution is -0.385. The average Bonchev–Trinajstić information content (AvgIpc) is 3.00. The Hall–Kier alpha value is -3.22. The van der Waals surface area contributed by atoms with Crippen LogP contribution in [0.5, 0.6) is 17.4 Å². The van der Waals surface area contributed by atoms with Crippen LogP contribution in [0, 0.1) is 13.7 Å². The molecule has 0 fully saturated rings. The van der Waals surface area contributed by atoms with Crippen LogP contribution in [0.4, 0.5) is 11.4 Å². The number of carbonyl (C=O) groups is 1. The molecule has 0 radical (unpaired) electrons. The first kappa shape index (κ1) is 20.5. The number of benzene rings is 2. The maximum atomic E-state index is 12.3. The summed E-state index contributed by atoms with van der Waals surface area (Å²) >= 11 is 2.11. The van der Waals surface area contributed by atoms with Crippen molar-refractivity contribution in [1.29, 1.82) is 0 Å². The quantitative estimate of drug-likeness (QED) is 0.220. The third-order valence-corrected chi connectivity index (χ3v) is 4.77. The Kier molecular flexibility index (Phi) is 5.96. The van der Waals surface area contributed by atoms with Crippen LogP contribution in [0.2, 0.25) is 0 Å². The SMILES string of the molecule is COc1cc(CC(=O)N=Nc2c(O)[nH]c3ccc(I)cc23)c([N+](=O)[O-])cc1OC. The third kappa shape index (κ3) is 4.29. The number of nitrogens with one attached hydrogen (secondary N) is 1. The monoisotopic (exact) mass is 510 g/mol. The third-order valence-electron chi connectivity index (χ3n) is 4.10. The number of H-pyrrole nitrogens is 1. The standard InChI is InChI=1S/C18H15IN4O6/c1-28-14-5-9(13(23(26)27)8-15(14)29-2)6-16(24)21-22-17-11-7-10(19)3-4-12(11)20-18(17)25/h3-5,7-8,20,25H,6H2,1-2H3. The van der Waals surface area contributed by atoms with Crippen LogP contribution in [0.3, 0.4) is 0 Å². The van der Waals surface area contributed by atoms with Crippen LogP contribution < -0.4 is 9.47 Å². The van der Waals surface area contributed by atoms with Crippen LogP contribution in [-0.2, 0) is 11.2 Å². The second-order valence-corrected chi connectivity index (χ2v) is 7.12. The van der Waals surface area contributed by atoms with Gasteiger partial charge >= 0.3 is 0 Å². The molecule has 0 aliphatic heterocycles. The number of carbonyl (C=O) groups excluding carboxylic acids is 1. The van der Waals surface area contributed by atoms with Crippen molar-refractivity contribution in [2.75, 3.05) is 14.2 Å².